The maximum Gasteiger partial charge on any atom is 0.103 e. The molecule has 19 heavy (non-hydrogen) atoms. The first kappa shape index (κ1) is 12.4. The first-order valence-electron chi connectivity index (χ1n) is 6.83. The van der Waals surface area contributed by atoms with Crippen molar-refractivity contribution in [3.05, 3.63) is 71.3 Å². The average Bonchev–Trinajstić information content (AvgIpc) is 2.79. The van der Waals surface area contributed by atoms with Crippen LogP contribution < -0.4 is 5.32 Å². The average molecular weight is 253 g/mol. The SMILES string of the molecule is O[C@@]1(CNCc2ccccc2)CCc2ccccc21. The Morgan fingerprint density at radius 3 is 2.58 bits per heavy atom. The molecule has 0 saturated heterocycles. The highest BCUT2D eigenvalue weighted by Crippen LogP contribution is 2.36. The molecule has 0 aromatic heterocycles. The van der Waals surface area contributed by atoms with Gasteiger partial charge >= 0.3 is 0 Å². The Balaban J connectivity index is 1.65. The van der Waals surface area contributed by atoms with Crippen molar-refractivity contribution in [3.63, 3.8) is 0 Å². The monoisotopic (exact) mass is 253 g/mol. The summed E-state index contributed by atoms with van der Waals surface area (Å²) in [6, 6.07) is 18.5. The molecule has 0 fully saturated rings. The zero-order valence-corrected chi connectivity index (χ0v) is 11.0. The van der Waals surface area contributed by atoms with E-state index in [1.165, 1.54) is 11.1 Å². The van der Waals surface area contributed by atoms with E-state index in [-0.39, 0.29) is 0 Å². The van der Waals surface area contributed by atoms with Gasteiger partial charge in [0, 0.05) is 13.1 Å². The van der Waals surface area contributed by atoms with E-state index in [1.807, 2.05) is 36.4 Å². The fourth-order valence-corrected chi connectivity index (χ4v) is 2.86. The second-order valence-corrected chi connectivity index (χ2v) is 5.28. The number of aryl methyl sites for hydroxylation is 1. The summed E-state index contributed by atoms with van der Waals surface area (Å²) >= 11 is 0. The van der Waals surface area contributed by atoms with E-state index in [0.717, 1.165) is 24.9 Å². The molecule has 1 aliphatic rings. The molecule has 0 amide bonds. The zero-order chi connectivity index (χ0) is 13.1. The Morgan fingerprint density at radius 1 is 1.00 bits per heavy atom. The molecule has 2 N–H and O–H groups in total. The second kappa shape index (κ2) is 5.16. The molecule has 3 rings (SSSR count). The molecule has 0 bridgehead atoms. The smallest absolute Gasteiger partial charge is 0.103 e. The predicted octanol–water partition coefficient (Wildman–Crippen LogP) is 2.61. The van der Waals surface area contributed by atoms with Gasteiger partial charge in [-0.3, -0.25) is 0 Å². The van der Waals surface area contributed by atoms with Gasteiger partial charge in [-0.1, -0.05) is 54.6 Å². The largest absolute Gasteiger partial charge is 0.384 e. The minimum Gasteiger partial charge on any atom is -0.384 e. The van der Waals surface area contributed by atoms with Crippen LogP contribution in [-0.2, 0) is 18.6 Å². The quantitative estimate of drug-likeness (QED) is 0.878. The highest BCUT2D eigenvalue weighted by molar-refractivity contribution is 5.37. The van der Waals surface area contributed by atoms with Crippen LogP contribution in [0.5, 0.6) is 0 Å². The maximum atomic E-state index is 10.8. The fourth-order valence-electron chi connectivity index (χ4n) is 2.86. The van der Waals surface area contributed by atoms with Crippen molar-refractivity contribution >= 4 is 0 Å². The summed E-state index contributed by atoms with van der Waals surface area (Å²) < 4.78 is 0. The number of rotatable bonds is 4. The molecule has 2 nitrogen and oxygen atoms in total. The lowest BCUT2D eigenvalue weighted by atomic mass is 9.96. The minimum atomic E-state index is -0.703. The molecule has 0 spiro atoms. The summed E-state index contributed by atoms with van der Waals surface area (Å²) in [5.41, 5.74) is 2.92. The van der Waals surface area contributed by atoms with Crippen molar-refractivity contribution in [1.29, 1.82) is 0 Å². The van der Waals surface area contributed by atoms with Crippen molar-refractivity contribution in [1.82, 2.24) is 5.32 Å². The van der Waals surface area contributed by atoms with E-state index >= 15 is 0 Å². The summed E-state index contributed by atoms with van der Waals surface area (Å²) in [6.45, 7) is 1.41. The van der Waals surface area contributed by atoms with Crippen LogP contribution >= 0.6 is 0 Å². The van der Waals surface area contributed by atoms with Crippen LogP contribution in [0.25, 0.3) is 0 Å². The van der Waals surface area contributed by atoms with Gasteiger partial charge in [0.15, 0.2) is 0 Å². The molecule has 0 unspecified atom stereocenters. The Hall–Kier alpha value is -1.64. The van der Waals surface area contributed by atoms with Crippen molar-refractivity contribution in [2.24, 2.45) is 0 Å². The van der Waals surface area contributed by atoms with Crippen molar-refractivity contribution < 1.29 is 5.11 Å². The van der Waals surface area contributed by atoms with Gasteiger partial charge in [0.25, 0.3) is 0 Å². The molecule has 1 atom stereocenters. The molecule has 0 aliphatic heterocycles. The number of benzene rings is 2. The van der Waals surface area contributed by atoms with Gasteiger partial charge < -0.3 is 10.4 Å². The van der Waals surface area contributed by atoms with E-state index in [1.54, 1.807) is 0 Å². The maximum absolute atomic E-state index is 10.8. The van der Waals surface area contributed by atoms with Crippen molar-refractivity contribution in [2.45, 2.75) is 25.0 Å². The third-order valence-electron chi connectivity index (χ3n) is 3.92. The molecule has 1 aliphatic carbocycles. The van der Waals surface area contributed by atoms with E-state index in [0.29, 0.717) is 6.54 Å². The predicted molar refractivity (Wildman–Crippen MR) is 76.8 cm³/mol. The topological polar surface area (TPSA) is 32.3 Å². The Labute approximate surface area is 114 Å². The number of hydrogen-bond acceptors (Lipinski definition) is 2. The van der Waals surface area contributed by atoms with Crippen molar-refractivity contribution in [3.8, 4) is 0 Å². The molecule has 0 saturated carbocycles. The van der Waals surface area contributed by atoms with Crippen LogP contribution in [-0.4, -0.2) is 11.7 Å². The Kier molecular flexibility index (Phi) is 3.36. The van der Waals surface area contributed by atoms with Crippen LogP contribution in [0, 0.1) is 0 Å². The molecule has 98 valence electrons. The van der Waals surface area contributed by atoms with E-state index < -0.39 is 5.60 Å². The first-order valence-corrected chi connectivity index (χ1v) is 6.83. The molecule has 0 heterocycles. The number of fused-ring (bicyclic) bond motifs is 1. The van der Waals surface area contributed by atoms with E-state index in [2.05, 4.69) is 23.5 Å². The normalized spacial score (nSPS) is 21.3. The summed E-state index contributed by atoms with van der Waals surface area (Å²) in [5, 5.41) is 14.1. The molecule has 0 radical (unpaired) electrons. The number of hydrogen-bond donors (Lipinski definition) is 2. The summed E-state index contributed by atoms with van der Waals surface area (Å²) in [7, 11) is 0. The van der Waals surface area contributed by atoms with E-state index in [9.17, 15) is 5.11 Å². The van der Waals surface area contributed by atoms with Crippen molar-refractivity contribution in [2.75, 3.05) is 6.54 Å². The molecular weight excluding hydrogens is 234 g/mol. The zero-order valence-electron chi connectivity index (χ0n) is 11.0. The third-order valence-corrected chi connectivity index (χ3v) is 3.92. The third kappa shape index (κ3) is 2.55. The lowest BCUT2D eigenvalue weighted by Gasteiger charge is -2.24. The molecule has 2 heteroatoms. The standard InChI is InChI=1S/C17H19NO/c19-17(11-10-15-8-4-5-9-16(15)17)13-18-12-14-6-2-1-3-7-14/h1-9,18-19H,10-13H2/t17-/m1/s1. The van der Waals surface area contributed by atoms with E-state index in [4.69, 9.17) is 0 Å². The van der Waals surface area contributed by atoms with Crippen LogP contribution in [0.15, 0.2) is 54.6 Å². The van der Waals surface area contributed by atoms with Gasteiger partial charge in [-0.2, -0.15) is 0 Å². The fraction of sp³-hybridized carbons (Fsp3) is 0.294. The van der Waals surface area contributed by atoms with Crippen LogP contribution in [0.3, 0.4) is 0 Å². The van der Waals surface area contributed by atoms with Gasteiger partial charge in [-0.25, -0.2) is 0 Å². The van der Waals surface area contributed by atoms with Gasteiger partial charge in [-0.15, -0.1) is 0 Å². The number of aliphatic hydroxyl groups is 1. The summed E-state index contributed by atoms with van der Waals surface area (Å²) in [5.74, 6) is 0. The highest BCUT2D eigenvalue weighted by atomic mass is 16.3. The highest BCUT2D eigenvalue weighted by Gasteiger charge is 2.35. The van der Waals surface area contributed by atoms with Gasteiger partial charge in [-0.05, 0) is 29.5 Å². The van der Waals surface area contributed by atoms with Crippen LogP contribution in [0.4, 0.5) is 0 Å². The molecule has 2 aromatic rings. The van der Waals surface area contributed by atoms with Gasteiger partial charge in [0.05, 0.1) is 0 Å². The Bertz CT molecular complexity index is 552. The van der Waals surface area contributed by atoms with Crippen LogP contribution in [0.2, 0.25) is 0 Å². The minimum absolute atomic E-state index is 0.610. The van der Waals surface area contributed by atoms with Crippen LogP contribution in [0.1, 0.15) is 23.1 Å². The lowest BCUT2D eigenvalue weighted by Crippen LogP contribution is -2.35. The number of nitrogens with one attached hydrogen (secondary N) is 1. The summed E-state index contributed by atoms with van der Waals surface area (Å²) in [6.07, 6.45) is 1.79. The second-order valence-electron chi connectivity index (χ2n) is 5.28. The molecule has 2 aromatic carbocycles. The van der Waals surface area contributed by atoms with Gasteiger partial charge in [0.1, 0.15) is 5.60 Å². The van der Waals surface area contributed by atoms with Gasteiger partial charge in [0.2, 0.25) is 0 Å². The summed E-state index contributed by atoms with van der Waals surface area (Å²) in [4.78, 5) is 0. The molecular formula is C17H19NO. The first-order chi connectivity index (χ1) is 9.28. The Morgan fingerprint density at radius 2 is 1.74 bits per heavy atom. The lowest BCUT2D eigenvalue weighted by molar-refractivity contribution is 0.0384.